The number of ether oxygens (including phenoxy) is 1. The van der Waals surface area contributed by atoms with E-state index in [4.69, 9.17) is 11.6 Å². The number of hydrogen-bond acceptors (Lipinski definition) is 4. The van der Waals surface area contributed by atoms with E-state index >= 15 is 0 Å². The van der Waals surface area contributed by atoms with Gasteiger partial charge in [-0.2, -0.15) is 17.2 Å². The molecule has 0 amide bonds. The molecule has 1 heterocycles. The summed E-state index contributed by atoms with van der Waals surface area (Å²) in [5.41, 5.74) is 0.0508. The van der Waals surface area contributed by atoms with E-state index in [1.165, 1.54) is 36.1 Å². The summed E-state index contributed by atoms with van der Waals surface area (Å²) in [4.78, 5) is 3.68. The number of aryl methyl sites for hydroxylation is 1. The van der Waals surface area contributed by atoms with Crippen LogP contribution in [-0.4, -0.2) is 24.6 Å². The highest BCUT2D eigenvalue weighted by Crippen LogP contribution is 2.24. The number of alkyl halides is 2. The molecule has 2 aromatic rings. The lowest BCUT2D eigenvalue weighted by atomic mass is 10.3. The zero-order valence-electron chi connectivity index (χ0n) is 10.6. The highest BCUT2D eigenvalue weighted by atomic mass is 35.5. The summed E-state index contributed by atoms with van der Waals surface area (Å²) in [5, 5.41) is -0.422. The Morgan fingerprint density at radius 2 is 2.14 bits per heavy atom. The maximum absolute atomic E-state index is 12.1. The van der Waals surface area contributed by atoms with Crippen LogP contribution in [0.4, 0.5) is 14.5 Å². The Bertz CT molecular complexity index is 749. The van der Waals surface area contributed by atoms with Gasteiger partial charge in [-0.3, -0.25) is 4.72 Å². The van der Waals surface area contributed by atoms with E-state index < -0.39 is 16.6 Å². The smallest absolute Gasteiger partial charge is 0.387 e. The van der Waals surface area contributed by atoms with E-state index in [0.717, 1.165) is 6.07 Å². The number of hydrogen-bond donors (Lipinski definition) is 1. The van der Waals surface area contributed by atoms with Gasteiger partial charge in [-0.05, 0) is 12.1 Å². The molecule has 0 saturated heterocycles. The molecule has 1 aromatic carbocycles. The first-order chi connectivity index (χ1) is 9.79. The van der Waals surface area contributed by atoms with Gasteiger partial charge in [0.05, 0.1) is 12.0 Å². The van der Waals surface area contributed by atoms with Gasteiger partial charge in [-0.15, -0.1) is 0 Å². The largest absolute Gasteiger partial charge is 0.435 e. The van der Waals surface area contributed by atoms with Gasteiger partial charge < -0.3 is 9.30 Å². The molecular formula is C11H10ClF2N3O3S. The van der Waals surface area contributed by atoms with Crippen molar-refractivity contribution in [2.45, 2.75) is 11.6 Å². The molecule has 2 rings (SSSR count). The first-order valence-electron chi connectivity index (χ1n) is 5.54. The molecule has 1 N–H and O–H groups in total. The van der Waals surface area contributed by atoms with Crippen LogP contribution in [-0.2, 0) is 17.1 Å². The van der Waals surface area contributed by atoms with Gasteiger partial charge in [0, 0.05) is 13.1 Å². The highest BCUT2D eigenvalue weighted by molar-refractivity contribution is 7.92. The molecule has 0 spiro atoms. The zero-order chi connectivity index (χ0) is 15.6. The van der Waals surface area contributed by atoms with Crippen LogP contribution in [0.3, 0.4) is 0 Å². The number of benzene rings is 1. The SMILES string of the molecule is Cn1cnc(S(=O)(=O)Nc2cccc(OC(F)F)c2)c1Cl. The first kappa shape index (κ1) is 15.5. The van der Waals surface area contributed by atoms with Gasteiger partial charge >= 0.3 is 6.61 Å². The molecular weight excluding hydrogens is 328 g/mol. The second-order valence-electron chi connectivity index (χ2n) is 3.96. The van der Waals surface area contributed by atoms with Gasteiger partial charge in [-0.25, -0.2) is 4.98 Å². The molecule has 1 aromatic heterocycles. The van der Waals surface area contributed by atoms with Crippen LogP contribution in [0.25, 0.3) is 0 Å². The normalized spacial score (nSPS) is 11.7. The summed E-state index contributed by atoms with van der Waals surface area (Å²) in [6, 6.07) is 5.15. The Morgan fingerprint density at radius 1 is 1.43 bits per heavy atom. The second-order valence-corrected chi connectivity index (χ2v) is 5.92. The number of imidazole rings is 1. The molecule has 10 heteroatoms. The predicted molar refractivity (Wildman–Crippen MR) is 72.1 cm³/mol. The van der Waals surface area contributed by atoms with Crippen molar-refractivity contribution in [2.75, 3.05) is 4.72 Å². The molecule has 0 radical (unpaired) electrons. The first-order valence-corrected chi connectivity index (χ1v) is 7.40. The van der Waals surface area contributed by atoms with E-state index in [-0.39, 0.29) is 21.6 Å². The minimum atomic E-state index is -4.03. The van der Waals surface area contributed by atoms with Crippen molar-refractivity contribution in [1.29, 1.82) is 0 Å². The standard InChI is InChI=1S/C11H10ClF2N3O3S/c1-17-6-15-10(9(17)12)21(18,19)16-7-3-2-4-8(5-7)20-11(13)14/h2-6,11,16H,1H3. The topological polar surface area (TPSA) is 73.2 Å². The Kier molecular flexibility index (Phi) is 4.33. The number of halogens is 3. The third-order valence-corrected chi connectivity index (χ3v) is 4.27. The van der Waals surface area contributed by atoms with Crippen molar-refractivity contribution < 1.29 is 21.9 Å². The van der Waals surface area contributed by atoms with E-state index in [1.807, 2.05) is 0 Å². The number of aromatic nitrogens is 2. The maximum atomic E-state index is 12.1. The third-order valence-electron chi connectivity index (χ3n) is 2.40. The van der Waals surface area contributed by atoms with Crippen molar-refractivity contribution in [3.05, 3.63) is 35.7 Å². The molecule has 0 aliphatic carbocycles. The molecule has 0 bridgehead atoms. The summed E-state index contributed by atoms with van der Waals surface area (Å²) >= 11 is 5.82. The van der Waals surface area contributed by atoms with Crippen LogP contribution >= 0.6 is 11.6 Å². The van der Waals surface area contributed by atoms with Crippen LogP contribution < -0.4 is 9.46 Å². The average molecular weight is 338 g/mol. The van der Waals surface area contributed by atoms with Gasteiger partial charge in [0.1, 0.15) is 10.9 Å². The number of anilines is 1. The van der Waals surface area contributed by atoms with Crippen molar-refractivity contribution in [2.24, 2.45) is 7.05 Å². The van der Waals surface area contributed by atoms with Gasteiger partial charge in [0.2, 0.25) is 5.03 Å². The molecule has 6 nitrogen and oxygen atoms in total. The lowest BCUT2D eigenvalue weighted by Gasteiger charge is -2.09. The molecule has 0 aliphatic heterocycles. The second kappa shape index (κ2) is 5.86. The minimum absolute atomic E-state index is 0.0508. The summed E-state index contributed by atoms with van der Waals surface area (Å²) in [7, 11) is -2.49. The van der Waals surface area contributed by atoms with E-state index in [1.54, 1.807) is 0 Å². The minimum Gasteiger partial charge on any atom is -0.435 e. The third kappa shape index (κ3) is 3.61. The average Bonchev–Trinajstić information content (AvgIpc) is 2.69. The Balaban J connectivity index is 2.27. The molecule has 21 heavy (non-hydrogen) atoms. The van der Waals surface area contributed by atoms with Crippen molar-refractivity contribution in [3.8, 4) is 5.75 Å². The Morgan fingerprint density at radius 3 is 2.71 bits per heavy atom. The fourth-order valence-electron chi connectivity index (χ4n) is 1.51. The lowest BCUT2D eigenvalue weighted by molar-refractivity contribution is -0.0497. The number of sulfonamides is 1. The van der Waals surface area contributed by atoms with E-state index in [0.29, 0.717) is 0 Å². The highest BCUT2D eigenvalue weighted by Gasteiger charge is 2.22. The molecule has 0 saturated carbocycles. The number of rotatable bonds is 5. The summed E-state index contributed by atoms with van der Waals surface area (Å²) in [6.07, 6.45) is 1.24. The summed E-state index contributed by atoms with van der Waals surface area (Å²) in [6.45, 7) is -3.00. The molecule has 0 aliphatic rings. The molecule has 0 fully saturated rings. The number of nitrogens with one attached hydrogen (secondary N) is 1. The van der Waals surface area contributed by atoms with E-state index in [9.17, 15) is 17.2 Å². The van der Waals surface area contributed by atoms with Crippen molar-refractivity contribution in [3.63, 3.8) is 0 Å². The molecule has 114 valence electrons. The summed E-state index contributed by atoms with van der Waals surface area (Å²) < 4.78 is 56.2. The molecule has 0 atom stereocenters. The van der Waals surface area contributed by atoms with Crippen LogP contribution in [0, 0.1) is 0 Å². The number of nitrogens with zero attached hydrogens (tertiary/aromatic N) is 2. The van der Waals surface area contributed by atoms with Crippen molar-refractivity contribution in [1.82, 2.24) is 9.55 Å². The van der Waals surface area contributed by atoms with Gasteiger partial charge in [0.25, 0.3) is 10.0 Å². The Labute approximate surface area is 124 Å². The van der Waals surface area contributed by atoms with E-state index in [2.05, 4.69) is 14.4 Å². The molecule has 0 unspecified atom stereocenters. The van der Waals surface area contributed by atoms with Crippen LogP contribution in [0.1, 0.15) is 0 Å². The quantitative estimate of drug-likeness (QED) is 0.909. The zero-order valence-corrected chi connectivity index (χ0v) is 12.2. The van der Waals surface area contributed by atoms with Gasteiger partial charge in [-0.1, -0.05) is 17.7 Å². The lowest BCUT2D eigenvalue weighted by Crippen LogP contribution is -2.14. The summed E-state index contributed by atoms with van der Waals surface area (Å²) in [5.74, 6) is -0.169. The van der Waals surface area contributed by atoms with Crippen LogP contribution in [0.2, 0.25) is 5.15 Å². The maximum Gasteiger partial charge on any atom is 0.387 e. The van der Waals surface area contributed by atoms with Crippen molar-refractivity contribution >= 4 is 27.3 Å². The monoisotopic (exact) mass is 337 g/mol. The fraction of sp³-hybridized carbons (Fsp3) is 0.182. The van der Waals surface area contributed by atoms with Gasteiger partial charge in [0.15, 0.2) is 0 Å². The fourth-order valence-corrected chi connectivity index (χ4v) is 3.00. The van der Waals surface area contributed by atoms with Crippen LogP contribution in [0.15, 0.2) is 35.6 Å². The van der Waals surface area contributed by atoms with Crippen LogP contribution in [0.5, 0.6) is 5.75 Å². The Hall–Kier alpha value is -1.87. The predicted octanol–water partition coefficient (Wildman–Crippen LogP) is 2.48.